The van der Waals surface area contributed by atoms with Gasteiger partial charge < -0.3 is 5.32 Å². The number of unbranched alkanes of at least 4 members (excludes halogenated alkanes) is 1. The van der Waals surface area contributed by atoms with Crippen molar-refractivity contribution in [3.8, 4) is 0 Å². The molecule has 0 amide bonds. The van der Waals surface area contributed by atoms with Crippen molar-refractivity contribution in [2.75, 3.05) is 7.05 Å². The van der Waals surface area contributed by atoms with Crippen molar-refractivity contribution in [3.63, 3.8) is 0 Å². The molecule has 0 aromatic heterocycles. The minimum atomic E-state index is 0.854. The van der Waals surface area contributed by atoms with Gasteiger partial charge in [0.2, 0.25) is 0 Å². The Hall–Kier alpha value is -0.0400. The molecule has 1 atom stereocenters. The molecule has 16 heavy (non-hydrogen) atoms. The van der Waals surface area contributed by atoms with Crippen molar-refractivity contribution < 1.29 is 0 Å². The second-order valence-corrected chi connectivity index (χ2v) is 6.07. The predicted octanol–water partition coefficient (Wildman–Crippen LogP) is 3.98. The summed E-state index contributed by atoms with van der Waals surface area (Å²) in [4.78, 5) is 0. The molecule has 1 N–H and O–H groups in total. The first-order valence-electron chi connectivity index (χ1n) is 7.52. The summed E-state index contributed by atoms with van der Waals surface area (Å²) in [6.07, 6.45) is 13.3. The average molecular weight is 223 g/mol. The molecule has 0 saturated heterocycles. The molecule has 94 valence electrons. The van der Waals surface area contributed by atoms with Gasteiger partial charge in [-0.2, -0.15) is 0 Å². The Morgan fingerprint density at radius 1 is 1.00 bits per heavy atom. The predicted molar refractivity (Wildman–Crippen MR) is 70.5 cm³/mol. The fraction of sp³-hybridized carbons (Fsp3) is 1.00. The SMILES string of the molecule is CCCCC1CCC(C(NC)C2CC2)CC1. The van der Waals surface area contributed by atoms with E-state index in [4.69, 9.17) is 0 Å². The number of rotatable bonds is 6. The van der Waals surface area contributed by atoms with Crippen LogP contribution in [0.1, 0.15) is 64.7 Å². The van der Waals surface area contributed by atoms with Crippen LogP contribution in [0.25, 0.3) is 0 Å². The van der Waals surface area contributed by atoms with Gasteiger partial charge in [0, 0.05) is 6.04 Å². The first-order valence-corrected chi connectivity index (χ1v) is 7.52. The summed E-state index contributed by atoms with van der Waals surface area (Å²) < 4.78 is 0. The van der Waals surface area contributed by atoms with Gasteiger partial charge >= 0.3 is 0 Å². The van der Waals surface area contributed by atoms with E-state index in [0.717, 1.165) is 23.8 Å². The minimum Gasteiger partial charge on any atom is -0.316 e. The summed E-state index contributed by atoms with van der Waals surface area (Å²) in [6.45, 7) is 2.32. The minimum absolute atomic E-state index is 0.854. The molecule has 1 heteroatoms. The van der Waals surface area contributed by atoms with Gasteiger partial charge in [0.15, 0.2) is 0 Å². The second-order valence-electron chi connectivity index (χ2n) is 6.07. The van der Waals surface area contributed by atoms with Crippen molar-refractivity contribution in [2.24, 2.45) is 17.8 Å². The standard InChI is InChI=1S/C15H29N/c1-3-4-5-12-6-8-13(9-7-12)15(16-2)14-10-11-14/h12-16H,3-11H2,1-2H3. The van der Waals surface area contributed by atoms with E-state index in [9.17, 15) is 0 Å². The molecule has 2 aliphatic rings. The van der Waals surface area contributed by atoms with E-state index in [1.165, 1.54) is 57.8 Å². The van der Waals surface area contributed by atoms with Crippen molar-refractivity contribution >= 4 is 0 Å². The third-order valence-corrected chi connectivity index (χ3v) is 4.83. The highest BCUT2D eigenvalue weighted by molar-refractivity contribution is 4.91. The molecule has 2 saturated carbocycles. The molecular formula is C15H29N. The fourth-order valence-corrected chi connectivity index (χ4v) is 3.64. The smallest absolute Gasteiger partial charge is 0.0121 e. The van der Waals surface area contributed by atoms with Gasteiger partial charge in [0.05, 0.1) is 0 Å². The fourth-order valence-electron chi connectivity index (χ4n) is 3.64. The Labute approximate surface area is 101 Å². The summed E-state index contributed by atoms with van der Waals surface area (Å²) in [6, 6.07) is 0.854. The lowest BCUT2D eigenvalue weighted by Crippen LogP contribution is -2.37. The topological polar surface area (TPSA) is 12.0 Å². The molecule has 0 spiro atoms. The molecule has 2 aliphatic carbocycles. The van der Waals surface area contributed by atoms with E-state index >= 15 is 0 Å². The summed E-state index contributed by atoms with van der Waals surface area (Å²) in [5.41, 5.74) is 0. The molecular weight excluding hydrogens is 194 g/mol. The van der Waals surface area contributed by atoms with Gasteiger partial charge in [0.1, 0.15) is 0 Å². The lowest BCUT2D eigenvalue weighted by molar-refractivity contribution is 0.205. The number of nitrogens with one attached hydrogen (secondary N) is 1. The Kier molecular flexibility index (Phi) is 4.69. The maximum Gasteiger partial charge on any atom is 0.0121 e. The Bertz CT molecular complexity index is 190. The number of hydrogen-bond donors (Lipinski definition) is 1. The molecule has 1 unspecified atom stereocenters. The average Bonchev–Trinajstić information content (AvgIpc) is 3.13. The van der Waals surface area contributed by atoms with Crippen molar-refractivity contribution in [1.29, 1.82) is 0 Å². The molecule has 0 bridgehead atoms. The van der Waals surface area contributed by atoms with Gasteiger partial charge in [-0.15, -0.1) is 0 Å². The first-order chi connectivity index (χ1) is 7.85. The highest BCUT2D eigenvalue weighted by atomic mass is 14.9. The van der Waals surface area contributed by atoms with Gasteiger partial charge in [-0.3, -0.25) is 0 Å². The van der Waals surface area contributed by atoms with Crippen LogP contribution < -0.4 is 5.32 Å². The third kappa shape index (κ3) is 3.23. The number of hydrogen-bond acceptors (Lipinski definition) is 1. The highest BCUT2D eigenvalue weighted by Gasteiger charge is 2.36. The van der Waals surface area contributed by atoms with E-state index in [0.29, 0.717) is 0 Å². The maximum atomic E-state index is 3.59. The molecule has 0 aromatic rings. The molecule has 1 nitrogen and oxygen atoms in total. The summed E-state index contributed by atoms with van der Waals surface area (Å²) in [5.74, 6) is 3.09. The Morgan fingerprint density at radius 3 is 2.00 bits per heavy atom. The van der Waals surface area contributed by atoms with Crippen LogP contribution in [0.15, 0.2) is 0 Å². The molecule has 0 heterocycles. The third-order valence-electron chi connectivity index (χ3n) is 4.83. The van der Waals surface area contributed by atoms with Crippen LogP contribution in [0.4, 0.5) is 0 Å². The van der Waals surface area contributed by atoms with Gasteiger partial charge in [-0.05, 0) is 50.5 Å². The molecule has 2 fully saturated rings. The van der Waals surface area contributed by atoms with E-state index in [1.54, 1.807) is 0 Å². The lowest BCUT2D eigenvalue weighted by atomic mass is 9.76. The van der Waals surface area contributed by atoms with Crippen LogP contribution in [-0.4, -0.2) is 13.1 Å². The normalized spacial score (nSPS) is 32.6. The van der Waals surface area contributed by atoms with Gasteiger partial charge in [-0.1, -0.05) is 39.0 Å². The summed E-state index contributed by atoms with van der Waals surface area (Å²) in [7, 11) is 2.17. The zero-order chi connectivity index (χ0) is 11.4. The van der Waals surface area contributed by atoms with Crippen LogP contribution in [-0.2, 0) is 0 Å². The van der Waals surface area contributed by atoms with Crippen LogP contribution in [0.2, 0.25) is 0 Å². The first kappa shape index (κ1) is 12.4. The van der Waals surface area contributed by atoms with E-state index < -0.39 is 0 Å². The zero-order valence-electron chi connectivity index (χ0n) is 11.2. The zero-order valence-corrected chi connectivity index (χ0v) is 11.2. The largest absolute Gasteiger partial charge is 0.316 e. The van der Waals surface area contributed by atoms with Crippen LogP contribution in [0.5, 0.6) is 0 Å². The van der Waals surface area contributed by atoms with Gasteiger partial charge in [-0.25, -0.2) is 0 Å². The summed E-state index contributed by atoms with van der Waals surface area (Å²) >= 11 is 0. The Balaban J connectivity index is 1.71. The van der Waals surface area contributed by atoms with Crippen LogP contribution in [0.3, 0.4) is 0 Å². The van der Waals surface area contributed by atoms with Crippen molar-refractivity contribution in [3.05, 3.63) is 0 Å². The molecule has 2 rings (SSSR count). The van der Waals surface area contributed by atoms with Crippen LogP contribution in [0, 0.1) is 17.8 Å². The van der Waals surface area contributed by atoms with E-state index in [-0.39, 0.29) is 0 Å². The maximum absolute atomic E-state index is 3.59. The van der Waals surface area contributed by atoms with E-state index in [2.05, 4.69) is 19.3 Å². The van der Waals surface area contributed by atoms with Crippen molar-refractivity contribution in [1.82, 2.24) is 5.32 Å². The van der Waals surface area contributed by atoms with E-state index in [1.807, 2.05) is 0 Å². The molecule has 0 aromatic carbocycles. The highest BCUT2D eigenvalue weighted by Crippen LogP contribution is 2.41. The summed E-state index contributed by atoms with van der Waals surface area (Å²) in [5, 5.41) is 3.59. The second kappa shape index (κ2) is 6.05. The Morgan fingerprint density at radius 2 is 1.56 bits per heavy atom. The monoisotopic (exact) mass is 223 g/mol. The molecule has 0 aliphatic heterocycles. The molecule has 0 radical (unpaired) electrons. The van der Waals surface area contributed by atoms with Gasteiger partial charge in [0.25, 0.3) is 0 Å². The quantitative estimate of drug-likeness (QED) is 0.718. The lowest BCUT2D eigenvalue weighted by Gasteiger charge is -2.34. The van der Waals surface area contributed by atoms with Crippen molar-refractivity contribution in [2.45, 2.75) is 70.8 Å². The van der Waals surface area contributed by atoms with Crippen LogP contribution >= 0.6 is 0 Å².